The van der Waals surface area contributed by atoms with Crippen LogP contribution in [0.15, 0.2) is 17.3 Å². The second kappa shape index (κ2) is 3.30. The molecule has 1 unspecified atom stereocenters. The van der Waals surface area contributed by atoms with Crippen LogP contribution in [0.25, 0.3) is 0 Å². The summed E-state index contributed by atoms with van der Waals surface area (Å²) in [4.78, 5) is 14.6. The molecule has 0 aromatic heterocycles. The van der Waals surface area contributed by atoms with Crippen molar-refractivity contribution in [2.45, 2.75) is 19.8 Å². The van der Waals surface area contributed by atoms with Crippen LogP contribution in [0.1, 0.15) is 19.8 Å². The van der Waals surface area contributed by atoms with Crippen molar-refractivity contribution < 1.29 is 4.79 Å². The average Bonchev–Trinajstić information content (AvgIpc) is 1.88. The van der Waals surface area contributed by atoms with E-state index >= 15 is 0 Å². The minimum absolute atomic E-state index is 0.255. The molecule has 1 aliphatic heterocycles. The number of ketones is 1. The molecule has 0 aromatic rings. The topological polar surface area (TPSA) is 29.4 Å². The van der Waals surface area contributed by atoms with Gasteiger partial charge in [0, 0.05) is 18.8 Å². The fourth-order valence-electron chi connectivity index (χ4n) is 1.03. The Kier molecular flexibility index (Phi) is 2.37. The van der Waals surface area contributed by atoms with Crippen LogP contribution >= 0.6 is 0 Å². The van der Waals surface area contributed by atoms with E-state index in [1.165, 1.54) is 0 Å². The summed E-state index contributed by atoms with van der Waals surface area (Å²) < 4.78 is 0. The zero-order valence-electron chi connectivity index (χ0n) is 6.08. The SMILES string of the molecule is CC(=O)CC1C=CN=CC1. The van der Waals surface area contributed by atoms with Gasteiger partial charge in [-0.1, -0.05) is 6.08 Å². The van der Waals surface area contributed by atoms with Gasteiger partial charge in [-0.2, -0.15) is 0 Å². The Morgan fingerprint density at radius 2 is 2.60 bits per heavy atom. The Labute approximate surface area is 60.7 Å². The lowest BCUT2D eigenvalue weighted by atomic mass is 9.99. The largest absolute Gasteiger partial charge is 0.300 e. The van der Waals surface area contributed by atoms with E-state index in [1.54, 1.807) is 13.1 Å². The molecule has 0 fully saturated rings. The second-order valence-electron chi connectivity index (χ2n) is 2.58. The predicted octanol–water partition coefficient (Wildman–Crippen LogP) is 1.57. The van der Waals surface area contributed by atoms with Crippen molar-refractivity contribution in [3.05, 3.63) is 12.3 Å². The highest BCUT2D eigenvalue weighted by Gasteiger charge is 2.07. The molecule has 0 bridgehead atoms. The highest BCUT2D eigenvalue weighted by atomic mass is 16.1. The molecule has 0 saturated heterocycles. The molecule has 0 amide bonds. The normalized spacial score (nSPS) is 23.1. The summed E-state index contributed by atoms with van der Waals surface area (Å²) >= 11 is 0. The fourth-order valence-corrected chi connectivity index (χ4v) is 1.03. The zero-order chi connectivity index (χ0) is 7.40. The van der Waals surface area contributed by atoms with Crippen molar-refractivity contribution in [3.8, 4) is 0 Å². The van der Waals surface area contributed by atoms with E-state index in [0.717, 1.165) is 6.42 Å². The fraction of sp³-hybridized carbons (Fsp3) is 0.500. The molecule has 0 aromatic carbocycles. The van der Waals surface area contributed by atoms with E-state index in [-0.39, 0.29) is 5.78 Å². The standard InChI is InChI=1S/C8H11NO/c1-7(10)6-8-2-4-9-5-3-8/h2,4-5,8H,3,6H2,1H3. The summed E-state index contributed by atoms with van der Waals surface area (Å²) in [6.07, 6.45) is 7.17. The van der Waals surface area contributed by atoms with E-state index < -0.39 is 0 Å². The summed E-state index contributed by atoms with van der Waals surface area (Å²) in [5, 5.41) is 0. The van der Waals surface area contributed by atoms with Crippen LogP contribution in [0.4, 0.5) is 0 Å². The van der Waals surface area contributed by atoms with Gasteiger partial charge in [0.05, 0.1) is 0 Å². The first-order valence-corrected chi connectivity index (χ1v) is 3.47. The third-order valence-electron chi connectivity index (χ3n) is 1.51. The number of nitrogens with zero attached hydrogens (tertiary/aromatic N) is 1. The lowest BCUT2D eigenvalue weighted by Gasteiger charge is -2.08. The highest BCUT2D eigenvalue weighted by Crippen LogP contribution is 2.12. The number of rotatable bonds is 2. The first kappa shape index (κ1) is 7.19. The zero-order valence-corrected chi connectivity index (χ0v) is 6.08. The van der Waals surface area contributed by atoms with Crippen LogP contribution in [0.2, 0.25) is 0 Å². The summed E-state index contributed by atoms with van der Waals surface area (Å²) in [5.74, 6) is 0.653. The van der Waals surface area contributed by atoms with Gasteiger partial charge in [0.25, 0.3) is 0 Å². The van der Waals surface area contributed by atoms with Crippen LogP contribution in [-0.2, 0) is 4.79 Å². The van der Waals surface area contributed by atoms with Gasteiger partial charge < -0.3 is 4.79 Å². The van der Waals surface area contributed by atoms with Crippen molar-refractivity contribution in [2.24, 2.45) is 10.9 Å². The summed E-state index contributed by atoms with van der Waals surface area (Å²) in [5.41, 5.74) is 0. The van der Waals surface area contributed by atoms with E-state index in [1.807, 2.05) is 12.3 Å². The minimum atomic E-state index is 0.255. The second-order valence-corrected chi connectivity index (χ2v) is 2.58. The lowest BCUT2D eigenvalue weighted by Crippen LogP contribution is -2.05. The summed E-state index contributed by atoms with van der Waals surface area (Å²) in [6.45, 7) is 1.62. The monoisotopic (exact) mass is 137 g/mol. The first-order chi connectivity index (χ1) is 4.79. The van der Waals surface area contributed by atoms with Gasteiger partial charge >= 0.3 is 0 Å². The van der Waals surface area contributed by atoms with Gasteiger partial charge in [-0.25, -0.2) is 0 Å². The molecule has 0 aliphatic carbocycles. The number of allylic oxidation sites excluding steroid dienone is 1. The maximum absolute atomic E-state index is 10.6. The first-order valence-electron chi connectivity index (χ1n) is 3.47. The number of carbonyl (C=O) groups excluding carboxylic acids is 1. The lowest BCUT2D eigenvalue weighted by molar-refractivity contribution is -0.117. The Balaban J connectivity index is 2.37. The Morgan fingerprint density at radius 3 is 3.10 bits per heavy atom. The van der Waals surface area contributed by atoms with Crippen LogP contribution in [-0.4, -0.2) is 12.0 Å². The third kappa shape index (κ3) is 2.13. The minimum Gasteiger partial charge on any atom is -0.300 e. The van der Waals surface area contributed by atoms with Gasteiger partial charge in [0.2, 0.25) is 0 Å². The highest BCUT2D eigenvalue weighted by molar-refractivity contribution is 5.76. The molecule has 2 heteroatoms. The number of hydrogen-bond donors (Lipinski definition) is 0. The quantitative estimate of drug-likeness (QED) is 0.568. The molecule has 1 atom stereocenters. The molecule has 54 valence electrons. The smallest absolute Gasteiger partial charge is 0.130 e. The van der Waals surface area contributed by atoms with Gasteiger partial charge in [0.1, 0.15) is 5.78 Å². The molecule has 1 rings (SSSR count). The molecule has 0 N–H and O–H groups in total. The molecule has 1 aliphatic rings. The van der Waals surface area contributed by atoms with Crippen LogP contribution < -0.4 is 0 Å². The Bertz CT molecular complexity index is 182. The Hall–Kier alpha value is -0.920. The van der Waals surface area contributed by atoms with Crippen molar-refractivity contribution in [1.82, 2.24) is 0 Å². The molecule has 0 spiro atoms. The van der Waals surface area contributed by atoms with Crippen LogP contribution in [0.5, 0.6) is 0 Å². The molecule has 10 heavy (non-hydrogen) atoms. The maximum Gasteiger partial charge on any atom is 0.130 e. The van der Waals surface area contributed by atoms with E-state index in [0.29, 0.717) is 12.3 Å². The van der Waals surface area contributed by atoms with Gasteiger partial charge in [0.15, 0.2) is 0 Å². The predicted molar refractivity (Wildman–Crippen MR) is 41.0 cm³/mol. The van der Waals surface area contributed by atoms with Gasteiger partial charge in [-0.05, 0) is 19.3 Å². The molecule has 1 heterocycles. The van der Waals surface area contributed by atoms with Crippen molar-refractivity contribution in [1.29, 1.82) is 0 Å². The number of hydrogen-bond acceptors (Lipinski definition) is 2. The number of carbonyl (C=O) groups is 1. The van der Waals surface area contributed by atoms with Crippen LogP contribution in [0, 0.1) is 5.92 Å². The van der Waals surface area contributed by atoms with E-state index in [2.05, 4.69) is 4.99 Å². The van der Waals surface area contributed by atoms with E-state index in [9.17, 15) is 4.79 Å². The molecule has 0 saturated carbocycles. The maximum atomic E-state index is 10.6. The number of aliphatic imine (C=N–C) groups is 1. The van der Waals surface area contributed by atoms with Crippen molar-refractivity contribution in [2.75, 3.05) is 0 Å². The van der Waals surface area contributed by atoms with Gasteiger partial charge in [-0.3, -0.25) is 4.99 Å². The summed E-state index contributed by atoms with van der Waals surface area (Å²) in [7, 11) is 0. The van der Waals surface area contributed by atoms with Crippen molar-refractivity contribution >= 4 is 12.0 Å². The molecule has 0 radical (unpaired) electrons. The number of Topliss-reactive ketones (excluding diaryl/α,β-unsaturated/α-hetero) is 1. The van der Waals surface area contributed by atoms with Gasteiger partial charge in [-0.15, -0.1) is 0 Å². The molecular weight excluding hydrogens is 126 g/mol. The van der Waals surface area contributed by atoms with Crippen LogP contribution in [0.3, 0.4) is 0 Å². The summed E-state index contributed by atoms with van der Waals surface area (Å²) in [6, 6.07) is 0. The molecular formula is C8H11NO. The van der Waals surface area contributed by atoms with E-state index in [4.69, 9.17) is 0 Å². The van der Waals surface area contributed by atoms with Crippen molar-refractivity contribution in [3.63, 3.8) is 0 Å². The molecule has 2 nitrogen and oxygen atoms in total. The Morgan fingerprint density at radius 1 is 1.80 bits per heavy atom. The average molecular weight is 137 g/mol. The third-order valence-corrected chi connectivity index (χ3v) is 1.51.